The fourth-order valence-electron chi connectivity index (χ4n) is 2.47. The molecule has 0 saturated carbocycles. The zero-order valence-corrected chi connectivity index (χ0v) is 13.3. The van der Waals surface area contributed by atoms with Crippen LogP contribution in [0.1, 0.15) is 25.5 Å². The number of nitrogens with zero attached hydrogens (tertiary/aromatic N) is 1. The number of aromatic nitrogens is 1. The van der Waals surface area contributed by atoms with Gasteiger partial charge in [-0.05, 0) is 23.6 Å². The minimum Gasteiger partial charge on any atom is -0.488 e. The Bertz CT molecular complexity index is 706. The SMILES string of the molecule is CC(C)C(C(=O)O)n1cccc(OCCc2ccccc2)c1=O. The van der Waals surface area contributed by atoms with Crippen molar-refractivity contribution >= 4 is 5.97 Å². The molecular weight excluding hydrogens is 294 g/mol. The third-order valence-corrected chi connectivity index (χ3v) is 3.61. The summed E-state index contributed by atoms with van der Waals surface area (Å²) in [6.07, 6.45) is 2.17. The number of benzene rings is 1. The lowest BCUT2D eigenvalue weighted by Crippen LogP contribution is -2.33. The smallest absolute Gasteiger partial charge is 0.327 e. The van der Waals surface area contributed by atoms with Crippen molar-refractivity contribution < 1.29 is 14.6 Å². The van der Waals surface area contributed by atoms with Crippen molar-refractivity contribution in [3.05, 3.63) is 64.6 Å². The maximum absolute atomic E-state index is 12.4. The molecule has 1 heterocycles. The molecule has 2 rings (SSSR count). The summed E-state index contributed by atoms with van der Waals surface area (Å²) in [5, 5.41) is 9.34. The minimum atomic E-state index is -1.02. The van der Waals surface area contributed by atoms with Gasteiger partial charge in [0.15, 0.2) is 5.75 Å². The first kappa shape index (κ1) is 16.8. The molecule has 0 saturated heterocycles. The third-order valence-electron chi connectivity index (χ3n) is 3.61. The summed E-state index contributed by atoms with van der Waals surface area (Å²) in [7, 11) is 0. The van der Waals surface area contributed by atoms with Crippen LogP contribution in [0.15, 0.2) is 53.5 Å². The summed E-state index contributed by atoms with van der Waals surface area (Å²) in [6, 6.07) is 12.1. The fraction of sp³-hybridized carbons (Fsp3) is 0.333. The highest BCUT2D eigenvalue weighted by Crippen LogP contribution is 2.17. The first-order valence-electron chi connectivity index (χ1n) is 7.61. The molecule has 1 aromatic carbocycles. The molecule has 0 bridgehead atoms. The molecule has 0 fully saturated rings. The van der Waals surface area contributed by atoms with E-state index in [1.54, 1.807) is 26.0 Å². The van der Waals surface area contributed by atoms with E-state index < -0.39 is 17.6 Å². The highest BCUT2D eigenvalue weighted by Gasteiger charge is 2.25. The summed E-state index contributed by atoms with van der Waals surface area (Å²) < 4.78 is 6.79. The van der Waals surface area contributed by atoms with Gasteiger partial charge < -0.3 is 9.84 Å². The molecule has 5 nitrogen and oxygen atoms in total. The first-order valence-corrected chi connectivity index (χ1v) is 7.61. The monoisotopic (exact) mass is 315 g/mol. The number of rotatable bonds is 7. The van der Waals surface area contributed by atoms with E-state index in [1.807, 2.05) is 30.3 Å². The molecule has 0 spiro atoms. The number of carbonyl (C=O) groups is 1. The Morgan fingerprint density at radius 3 is 2.48 bits per heavy atom. The highest BCUT2D eigenvalue weighted by atomic mass is 16.5. The largest absolute Gasteiger partial charge is 0.488 e. The van der Waals surface area contributed by atoms with Gasteiger partial charge in [0.2, 0.25) is 0 Å². The van der Waals surface area contributed by atoms with E-state index >= 15 is 0 Å². The molecule has 1 aromatic heterocycles. The number of carboxylic acids is 1. The average molecular weight is 315 g/mol. The standard InChI is InChI=1S/C18H21NO4/c1-13(2)16(18(21)22)19-11-6-9-15(17(19)20)23-12-10-14-7-4-3-5-8-14/h3-9,11,13,16H,10,12H2,1-2H3,(H,21,22). The van der Waals surface area contributed by atoms with Gasteiger partial charge in [0, 0.05) is 12.6 Å². The van der Waals surface area contributed by atoms with E-state index in [9.17, 15) is 14.7 Å². The number of carboxylic acid groups (broad SMARTS) is 1. The molecule has 1 atom stereocenters. The number of ether oxygens (including phenoxy) is 1. The maximum Gasteiger partial charge on any atom is 0.327 e. The van der Waals surface area contributed by atoms with Gasteiger partial charge >= 0.3 is 5.97 Å². The van der Waals surface area contributed by atoms with Crippen LogP contribution in [0.25, 0.3) is 0 Å². The highest BCUT2D eigenvalue weighted by molar-refractivity contribution is 5.72. The summed E-state index contributed by atoms with van der Waals surface area (Å²) in [6.45, 7) is 3.91. The Morgan fingerprint density at radius 1 is 1.17 bits per heavy atom. The molecule has 23 heavy (non-hydrogen) atoms. The number of aliphatic carboxylic acids is 1. The predicted octanol–water partition coefficient (Wildman–Crippen LogP) is 2.75. The van der Waals surface area contributed by atoms with Crippen molar-refractivity contribution in [2.75, 3.05) is 6.61 Å². The summed E-state index contributed by atoms with van der Waals surface area (Å²) in [5.74, 6) is -1.05. The van der Waals surface area contributed by atoms with Gasteiger partial charge in [-0.1, -0.05) is 44.2 Å². The molecule has 0 amide bonds. The van der Waals surface area contributed by atoms with E-state index in [0.29, 0.717) is 13.0 Å². The van der Waals surface area contributed by atoms with Crippen LogP contribution >= 0.6 is 0 Å². The Hall–Kier alpha value is -2.56. The van der Waals surface area contributed by atoms with E-state index in [2.05, 4.69) is 0 Å². The fourth-order valence-corrected chi connectivity index (χ4v) is 2.47. The van der Waals surface area contributed by atoms with E-state index in [1.165, 1.54) is 10.8 Å². The average Bonchev–Trinajstić information content (AvgIpc) is 2.51. The lowest BCUT2D eigenvalue weighted by Gasteiger charge is -2.19. The lowest BCUT2D eigenvalue weighted by molar-refractivity contribution is -0.142. The molecule has 5 heteroatoms. The van der Waals surface area contributed by atoms with Crippen LogP contribution in [0.5, 0.6) is 5.75 Å². The van der Waals surface area contributed by atoms with Crippen LogP contribution in [0.4, 0.5) is 0 Å². The predicted molar refractivity (Wildman–Crippen MR) is 87.9 cm³/mol. The van der Waals surface area contributed by atoms with Gasteiger partial charge in [-0.2, -0.15) is 0 Å². The number of hydrogen-bond donors (Lipinski definition) is 1. The van der Waals surface area contributed by atoms with Gasteiger partial charge in [-0.3, -0.25) is 9.36 Å². The van der Waals surface area contributed by atoms with Crippen molar-refractivity contribution in [1.82, 2.24) is 4.57 Å². The van der Waals surface area contributed by atoms with Crippen LogP contribution in [-0.4, -0.2) is 22.2 Å². The second kappa shape index (κ2) is 7.63. The Balaban J connectivity index is 2.13. The molecule has 2 aromatic rings. The van der Waals surface area contributed by atoms with Crippen molar-refractivity contribution in [2.24, 2.45) is 5.92 Å². The zero-order valence-electron chi connectivity index (χ0n) is 13.3. The zero-order chi connectivity index (χ0) is 16.8. The van der Waals surface area contributed by atoms with E-state index in [0.717, 1.165) is 5.56 Å². The molecule has 122 valence electrons. The summed E-state index contributed by atoms with van der Waals surface area (Å²) >= 11 is 0. The molecule has 0 radical (unpaired) electrons. The topological polar surface area (TPSA) is 68.5 Å². The number of hydrogen-bond acceptors (Lipinski definition) is 3. The first-order chi connectivity index (χ1) is 11.0. The number of pyridine rings is 1. The van der Waals surface area contributed by atoms with Gasteiger partial charge in [-0.15, -0.1) is 0 Å². The van der Waals surface area contributed by atoms with Crippen LogP contribution < -0.4 is 10.3 Å². The van der Waals surface area contributed by atoms with Crippen molar-refractivity contribution in [3.8, 4) is 5.75 Å². The normalized spacial score (nSPS) is 12.1. The molecule has 1 unspecified atom stereocenters. The van der Waals surface area contributed by atoms with Crippen molar-refractivity contribution in [3.63, 3.8) is 0 Å². The van der Waals surface area contributed by atoms with E-state index in [4.69, 9.17) is 4.74 Å². The van der Waals surface area contributed by atoms with Crippen molar-refractivity contribution in [2.45, 2.75) is 26.3 Å². The van der Waals surface area contributed by atoms with Crippen LogP contribution in [0.2, 0.25) is 0 Å². The minimum absolute atomic E-state index is 0.176. The molecule has 0 aliphatic heterocycles. The van der Waals surface area contributed by atoms with E-state index in [-0.39, 0.29) is 11.7 Å². The molecule has 0 aliphatic carbocycles. The van der Waals surface area contributed by atoms with Gasteiger partial charge in [0.25, 0.3) is 5.56 Å². The van der Waals surface area contributed by atoms with Crippen LogP contribution in [0.3, 0.4) is 0 Å². The Kier molecular flexibility index (Phi) is 5.57. The summed E-state index contributed by atoms with van der Waals surface area (Å²) in [4.78, 5) is 23.8. The quantitative estimate of drug-likeness (QED) is 0.853. The second-order valence-corrected chi connectivity index (χ2v) is 5.70. The van der Waals surface area contributed by atoms with Gasteiger partial charge in [-0.25, -0.2) is 4.79 Å². The van der Waals surface area contributed by atoms with Crippen LogP contribution in [-0.2, 0) is 11.2 Å². The van der Waals surface area contributed by atoms with Crippen LogP contribution in [0, 0.1) is 5.92 Å². The Morgan fingerprint density at radius 2 is 1.87 bits per heavy atom. The van der Waals surface area contributed by atoms with Gasteiger partial charge in [0.05, 0.1) is 6.61 Å². The summed E-state index contributed by atoms with van der Waals surface area (Å²) in [5.41, 5.74) is 0.705. The third kappa shape index (κ3) is 4.22. The lowest BCUT2D eigenvalue weighted by atomic mass is 10.0. The van der Waals surface area contributed by atoms with Crippen molar-refractivity contribution in [1.29, 1.82) is 0 Å². The maximum atomic E-state index is 12.4. The van der Waals surface area contributed by atoms with Gasteiger partial charge in [0.1, 0.15) is 6.04 Å². The molecule has 1 N–H and O–H groups in total. The molecule has 0 aliphatic rings. The second-order valence-electron chi connectivity index (χ2n) is 5.70. The Labute approximate surface area is 135 Å². The molecular formula is C18H21NO4.